The van der Waals surface area contributed by atoms with Gasteiger partial charge >= 0.3 is 0 Å². The van der Waals surface area contributed by atoms with Gasteiger partial charge in [0.2, 0.25) is 5.91 Å². The van der Waals surface area contributed by atoms with Gasteiger partial charge in [-0.3, -0.25) is 14.2 Å². The largest absolute Gasteiger partial charge is 0.356 e. The molecule has 0 N–H and O–H groups in total. The predicted molar refractivity (Wildman–Crippen MR) is 88.4 cm³/mol. The van der Waals surface area contributed by atoms with Crippen molar-refractivity contribution in [3.63, 3.8) is 0 Å². The SMILES string of the molecule is O=C1CC(CF)CN1C1CCN(c2ccc3nccnc3n2)CC1. The fourth-order valence-corrected chi connectivity index (χ4v) is 3.69. The van der Waals surface area contributed by atoms with Crippen LogP contribution in [0, 0.1) is 5.92 Å². The summed E-state index contributed by atoms with van der Waals surface area (Å²) in [5.41, 5.74) is 1.44. The van der Waals surface area contributed by atoms with Crippen LogP contribution in [-0.4, -0.2) is 58.1 Å². The lowest BCUT2D eigenvalue weighted by Crippen LogP contribution is -2.45. The maximum absolute atomic E-state index is 12.8. The van der Waals surface area contributed by atoms with Gasteiger partial charge < -0.3 is 9.80 Å². The van der Waals surface area contributed by atoms with Crippen LogP contribution >= 0.6 is 0 Å². The highest BCUT2D eigenvalue weighted by Crippen LogP contribution is 2.27. The number of hydrogen-bond acceptors (Lipinski definition) is 5. The van der Waals surface area contributed by atoms with E-state index in [9.17, 15) is 9.18 Å². The molecule has 6 nitrogen and oxygen atoms in total. The third-order valence-electron chi connectivity index (χ3n) is 5.00. The van der Waals surface area contributed by atoms with Crippen molar-refractivity contribution in [1.29, 1.82) is 0 Å². The van der Waals surface area contributed by atoms with Gasteiger partial charge in [-0.1, -0.05) is 0 Å². The summed E-state index contributed by atoms with van der Waals surface area (Å²) >= 11 is 0. The zero-order chi connectivity index (χ0) is 16.5. The summed E-state index contributed by atoms with van der Waals surface area (Å²) in [6, 6.07) is 4.13. The topological polar surface area (TPSA) is 62.2 Å². The number of alkyl halides is 1. The second-order valence-corrected chi connectivity index (χ2v) is 6.56. The average molecular weight is 329 g/mol. The molecule has 2 aliphatic rings. The number of fused-ring (bicyclic) bond motifs is 1. The van der Waals surface area contributed by atoms with Gasteiger partial charge in [-0.2, -0.15) is 0 Å². The van der Waals surface area contributed by atoms with E-state index < -0.39 is 6.67 Å². The van der Waals surface area contributed by atoms with Crippen molar-refractivity contribution in [2.45, 2.75) is 25.3 Å². The van der Waals surface area contributed by atoms with Crippen molar-refractivity contribution in [3.8, 4) is 0 Å². The van der Waals surface area contributed by atoms with Crippen molar-refractivity contribution in [2.75, 3.05) is 31.2 Å². The Morgan fingerprint density at radius 2 is 1.96 bits per heavy atom. The van der Waals surface area contributed by atoms with E-state index in [4.69, 9.17) is 0 Å². The lowest BCUT2D eigenvalue weighted by molar-refractivity contribution is -0.130. The number of nitrogens with zero attached hydrogens (tertiary/aromatic N) is 5. The molecule has 0 bridgehead atoms. The zero-order valence-electron chi connectivity index (χ0n) is 13.4. The van der Waals surface area contributed by atoms with Crippen molar-refractivity contribution < 1.29 is 9.18 Å². The van der Waals surface area contributed by atoms with E-state index in [1.54, 1.807) is 12.4 Å². The smallest absolute Gasteiger partial charge is 0.223 e. The third-order valence-corrected chi connectivity index (χ3v) is 5.00. The number of rotatable bonds is 3. The molecular weight excluding hydrogens is 309 g/mol. The van der Waals surface area contributed by atoms with Crippen molar-refractivity contribution in [1.82, 2.24) is 19.9 Å². The first-order valence-corrected chi connectivity index (χ1v) is 8.43. The Hall–Kier alpha value is -2.31. The van der Waals surface area contributed by atoms with E-state index in [0.717, 1.165) is 37.3 Å². The standard InChI is InChI=1S/C17H20FN5O/c18-10-12-9-16(24)23(11-12)13-3-7-22(8-4-13)15-2-1-14-17(21-15)20-6-5-19-14/h1-2,5-6,12-13H,3-4,7-11H2. The number of likely N-dealkylation sites (tertiary alicyclic amines) is 1. The highest BCUT2D eigenvalue weighted by atomic mass is 19.1. The molecule has 0 aromatic carbocycles. The molecule has 2 aromatic heterocycles. The molecule has 1 unspecified atom stereocenters. The molecule has 1 atom stereocenters. The number of pyridine rings is 1. The number of aromatic nitrogens is 3. The third kappa shape index (κ3) is 2.79. The van der Waals surface area contributed by atoms with Gasteiger partial charge in [-0.05, 0) is 25.0 Å². The normalized spacial score (nSPS) is 22.5. The first-order chi connectivity index (χ1) is 11.7. The Balaban J connectivity index is 1.43. The van der Waals surface area contributed by atoms with Crippen LogP contribution in [-0.2, 0) is 4.79 Å². The summed E-state index contributed by atoms with van der Waals surface area (Å²) < 4.78 is 12.8. The van der Waals surface area contributed by atoms with Crippen LogP contribution in [0.1, 0.15) is 19.3 Å². The quantitative estimate of drug-likeness (QED) is 0.859. The average Bonchev–Trinajstić information content (AvgIpc) is 3.02. The van der Waals surface area contributed by atoms with E-state index in [0.29, 0.717) is 18.6 Å². The summed E-state index contributed by atoms with van der Waals surface area (Å²) in [6.07, 6.45) is 5.45. The molecule has 4 rings (SSSR count). The Morgan fingerprint density at radius 1 is 1.17 bits per heavy atom. The van der Waals surface area contributed by atoms with Crippen LogP contribution in [0.25, 0.3) is 11.2 Å². The number of hydrogen-bond donors (Lipinski definition) is 0. The number of carbonyl (C=O) groups is 1. The van der Waals surface area contributed by atoms with Crippen LogP contribution in [0.4, 0.5) is 10.2 Å². The molecule has 2 fully saturated rings. The maximum Gasteiger partial charge on any atom is 0.223 e. The number of amides is 1. The Morgan fingerprint density at radius 3 is 2.71 bits per heavy atom. The lowest BCUT2D eigenvalue weighted by atomic mass is 10.0. The number of halogens is 1. The lowest BCUT2D eigenvalue weighted by Gasteiger charge is -2.37. The van der Waals surface area contributed by atoms with Crippen LogP contribution in [0.3, 0.4) is 0 Å². The molecule has 2 aromatic rings. The predicted octanol–water partition coefficient (Wildman–Crippen LogP) is 1.81. The fourth-order valence-electron chi connectivity index (χ4n) is 3.69. The van der Waals surface area contributed by atoms with Crippen LogP contribution in [0.5, 0.6) is 0 Å². The van der Waals surface area contributed by atoms with Gasteiger partial charge in [0.25, 0.3) is 0 Å². The van der Waals surface area contributed by atoms with Crippen LogP contribution in [0.2, 0.25) is 0 Å². The number of carbonyl (C=O) groups excluding carboxylic acids is 1. The van der Waals surface area contributed by atoms with Crippen LogP contribution in [0.15, 0.2) is 24.5 Å². The molecule has 1 amide bonds. The second kappa shape index (κ2) is 6.30. The van der Waals surface area contributed by atoms with Crippen molar-refractivity contribution in [2.24, 2.45) is 5.92 Å². The molecule has 126 valence electrons. The number of piperidine rings is 1. The second-order valence-electron chi connectivity index (χ2n) is 6.56. The van der Waals surface area contributed by atoms with E-state index in [-0.39, 0.29) is 17.9 Å². The molecule has 24 heavy (non-hydrogen) atoms. The number of anilines is 1. The molecule has 0 spiro atoms. The summed E-state index contributed by atoms with van der Waals surface area (Å²) in [6.45, 7) is 1.86. The fraction of sp³-hybridized carbons (Fsp3) is 0.529. The molecule has 4 heterocycles. The van der Waals surface area contributed by atoms with Crippen molar-refractivity contribution >= 4 is 22.9 Å². The molecule has 0 radical (unpaired) electrons. The summed E-state index contributed by atoms with van der Waals surface area (Å²) in [5, 5.41) is 0. The minimum absolute atomic E-state index is 0.107. The van der Waals surface area contributed by atoms with Gasteiger partial charge in [0, 0.05) is 50.4 Å². The summed E-state index contributed by atoms with van der Waals surface area (Å²) in [4.78, 5) is 29.2. The van der Waals surface area contributed by atoms with Gasteiger partial charge in [0.15, 0.2) is 5.65 Å². The zero-order valence-corrected chi connectivity index (χ0v) is 13.4. The molecular formula is C17H20FN5O. The summed E-state index contributed by atoms with van der Waals surface area (Å²) in [5.74, 6) is 0.891. The minimum Gasteiger partial charge on any atom is -0.356 e. The van der Waals surface area contributed by atoms with E-state index in [1.807, 2.05) is 17.0 Å². The Bertz CT molecular complexity index is 747. The highest BCUT2D eigenvalue weighted by molar-refractivity contribution is 5.79. The molecule has 2 saturated heterocycles. The van der Waals surface area contributed by atoms with E-state index in [2.05, 4.69) is 19.9 Å². The monoisotopic (exact) mass is 329 g/mol. The molecule has 0 saturated carbocycles. The van der Waals surface area contributed by atoms with Gasteiger partial charge in [-0.15, -0.1) is 0 Å². The van der Waals surface area contributed by atoms with Gasteiger partial charge in [0.1, 0.15) is 11.3 Å². The first kappa shape index (κ1) is 15.2. The maximum atomic E-state index is 12.8. The van der Waals surface area contributed by atoms with E-state index >= 15 is 0 Å². The molecule has 0 aliphatic carbocycles. The summed E-state index contributed by atoms with van der Waals surface area (Å²) in [7, 11) is 0. The molecule has 7 heteroatoms. The van der Waals surface area contributed by atoms with E-state index in [1.165, 1.54) is 0 Å². The van der Waals surface area contributed by atoms with Gasteiger partial charge in [0.05, 0.1) is 6.67 Å². The van der Waals surface area contributed by atoms with Gasteiger partial charge in [-0.25, -0.2) is 9.97 Å². The Kier molecular flexibility index (Phi) is 4.00. The highest BCUT2D eigenvalue weighted by Gasteiger charge is 2.35. The van der Waals surface area contributed by atoms with Crippen LogP contribution < -0.4 is 4.90 Å². The Labute approximate surface area is 139 Å². The molecule has 2 aliphatic heterocycles. The first-order valence-electron chi connectivity index (χ1n) is 8.43. The minimum atomic E-state index is -0.400. The van der Waals surface area contributed by atoms with Crippen molar-refractivity contribution in [3.05, 3.63) is 24.5 Å².